The minimum absolute atomic E-state index is 0.273. The molecular weight excluding hydrogens is 358 g/mol. The largest absolute Gasteiger partial charge is 0.461 e. The molecule has 4 nitrogen and oxygen atoms in total. The molecule has 27 heavy (non-hydrogen) atoms. The summed E-state index contributed by atoms with van der Waals surface area (Å²) in [4.78, 5) is 0.273. The maximum Gasteiger partial charge on any atom is 0.261 e. The molecule has 1 aliphatic rings. The summed E-state index contributed by atoms with van der Waals surface area (Å²) in [6.45, 7) is 6.41. The van der Waals surface area contributed by atoms with Gasteiger partial charge in [0.25, 0.3) is 10.0 Å². The van der Waals surface area contributed by atoms with Crippen molar-refractivity contribution in [1.29, 1.82) is 0 Å². The molecule has 0 fully saturated rings. The SMILES string of the molecule is CC1CCc2c(oc3ccc(NS(=O)(=O)c4ccc(C(C)C)cc4)cc23)C1. The van der Waals surface area contributed by atoms with Crippen LogP contribution in [0.15, 0.2) is 51.8 Å². The van der Waals surface area contributed by atoms with Crippen LogP contribution in [-0.2, 0) is 22.9 Å². The Hall–Kier alpha value is -2.27. The first-order valence-corrected chi connectivity index (χ1v) is 11.0. The Kier molecular flexibility index (Phi) is 4.50. The molecule has 0 bridgehead atoms. The number of anilines is 1. The second-order valence-electron chi connectivity index (χ2n) is 7.89. The molecule has 1 aromatic heterocycles. The fourth-order valence-corrected chi connectivity index (χ4v) is 4.81. The summed E-state index contributed by atoms with van der Waals surface area (Å²) in [5, 5.41) is 1.02. The number of fused-ring (bicyclic) bond motifs is 3. The molecule has 1 heterocycles. The molecule has 0 saturated heterocycles. The average Bonchev–Trinajstić information content (AvgIpc) is 2.98. The monoisotopic (exact) mass is 383 g/mol. The van der Waals surface area contributed by atoms with Crippen LogP contribution in [0.3, 0.4) is 0 Å². The van der Waals surface area contributed by atoms with Crippen LogP contribution in [0.5, 0.6) is 0 Å². The van der Waals surface area contributed by atoms with Gasteiger partial charge in [0.1, 0.15) is 11.3 Å². The van der Waals surface area contributed by atoms with Crippen molar-refractivity contribution in [2.45, 2.75) is 50.8 Å². The third-order valence-electron chi connectivity index (χ3n) is 5.40. The second kappa shape index (κ2) is 6.71. The fraction of sp³-hybridized carbons (Fsp3) is 0.364. The van der Waals surface area contributed by atoms with Gasteiger partial charge in [-0.1, -0.05) is 32.9 Å². The van der Waals surface area contributed by atoms with Gasteiger partial charge < -0.3 is 4.42 Å². The van der Waals surface area contributed by atoms with Crippen molar-refractivity contribution >= 4 is 26.7 Å². The van der Waals surface area contributed by atoms with E-state index in [4.69, 9.17) is 4.42 Å². The Balaban J connectivity index is 1.64. The number of nitrogens with one attached hydrogen (secondary N) is 1. The molecule has 0 amide bonds. The highest BCUT2D eigenvalue weighted by atomic mass is 32.2. The predicted molar refractivity (Wildman–Crippen MR) is 109 cm³/mol. The zero-order chi connectivity index (χ0) is 19.2. The third-order valence-corrected chi connectivity index (χ3v) is 6.80. The van der Waals surface area contributed by atoms with E-state index in [9.17, 15) is 8.42 Å². The zero-order valence-corrected chi connectivity index (χ0v) is 16.8. The van der Waals surface area contributed by atoms with Crippen LogP contribution in [0.4, 0.5) is 5.69 Å². The maximum atomic E-state index is 12.8. The van der Waals surface area contributed by atoms with Crippen LogP contribution in [0.25, 0.3) is 11.0 Å². The first-order valence-electron chi connectivity index (χ1n) is 9.50. The summed E-state index contributed by atoms with van der Waals surface area (Å²) in [7, 11) is -3.62. The topological polar surface area (TPSA) is 59.3 Å². The van der Waals surface area contributed by atoms with Gasteiger partial charge in [0, 0.05) is 23.1 Å². The van der Waals surface area contributed by atoms with Crippen molar-refractivity contribution in [3.8, 4) is 0 Å². The van der Waals surface area contributed by atoms with Crippen LogP contribution in [0.1, 0.15) is 50.0 Å². The van der Waals surface area contributed by atoms with Gasteiger partial charge in [-0.3, -0.25) is 4.72 Å². The standard InChI is InChI=1S/C22H25NO3S/c1-14(2)16-5-8-18(9-6-16)27(24,25)23-17-7-11-21-20(13-17)19-10-4-15(3)12-22(19)26-21/h5-9,11,13-15,23H,4,10,12H2,1-3H3. The third kappa shape index (κ3) is 3.48. The Morgan fingerprint density at radius 1 is 1.11 bits per heavy atom. The number of sulfonamides is 1. The van der Waals surface area contributed by atoms with Gasteiger partial charge in [0.2, 0.25) is 0 Å². The highest BCUT2D eigenvalue weighted by Crippen LogP contribution is 2.35. The molecule has 1 atom stereocenters. The summed E-state index contributed by atoms with van der Waals surface area (Å²) >= 11 is 0. The molecule has 1 aliphatic carbocycles. The number of benzene rings is 2. The van der Waals surface area contributed by atoms with Gasteiger partial charge in [-0.15, -0.1) is 0 Å². The van der Waals surface area contributed by atoms with Crippen LogP contribution in [0, 0.1) is 5.92 Å². The normalized spacial score (nSPS) is 17.3. The van der Waals surface area contributed by atoms with Crippen molar-refractivity contribution in [3.63, 3.8) is 0 Å². The van der Waals surface area contributed by atoms with Crippen molar-refractivity contribution in [2.24, 2.45) is 5.92 Å². The smallest absolute Gasteiger partial charge is 0.261 e. The van der Waals surface area contributed by atoms with Crippen LogP contribution in [-0.4, -0.2) is 8.42 Å². The van der Waals surface area contributed by atoms with E-state index in [1.54, 1.807) is 18.2 Å². The Bertz CT molecular complexity index is 1080. The van der Waals surface area contributed by atoms with E-state index >= 15 is 0 Å². The van der Waals surface area contributed by atoms with E-state index in [1.165, 1.54) is 5.56 Å². The molecule has 5 heteroatoms. The van der Waals surface area contributed by atoms with Gasteiger partial charge in [0.05, 0.1) is 4.90 Å². The molecule has 1 unspecified atom stereocenters. The molecule has 0 spiro atoms. The summed E-state index contributed by atoms with van der Waals surface area (Å²) in [6.07, 6.45) is 3.07. The first kappa shape index (κ1) is 18.1. The Labute approximate surface area is 160 Å². The number of rotatable bonds is 4. The van der Waals surface area contributed by atoms with Gasteiger partial charge >= 0.3 is 0 Å². The molecule has 142 valence electrons. The van der Waals surface area contributed by atoms with E-state index in [0.29, 0.717) is 17.5 Å². The molecule has 0 aliphatic heterocycles. The van der Waals surface area contributed by atoms with Gasteiger partial charge in [-0.05, 0) is 60.6 Å². The predicted octanol–water partition coefficient (Wildman–Crippen LogP) is 5.48. The number of hydrogen-bond donors (Lipinski definition) is 1. The van der Waals surface area contributed by atoms with Crippen molar-refractivity contribution in [2.75, 3.05) is 4.72 Å². The lowest BCUT2D eigenvalue weighted by atomic mass is 9.88. The molecule has 2 aromatic carbocycles. The van der Waals surface area contributed by atoms with E-state index in [2.05, 4.69) is 25.5 Å². The summed E-state index contributed by atoms with van der Waals surface area (Å²) in [5.41, 5.74) is 3.75. The van der Waals surface area contributed by atoms with Gasteiger partial charge in [-0.2, -0.15) is 0 Å². The second-order valence-corrected chi connectivity index (χ2v) is 9.57. The Morgan fingerprint density at radius 2 is 1.85 bits per heavy atom. The Morgan fingerprint density at radius 3 is 2.56 bits per heavy atom. The molecule has 0 radical (unpaired) electrons. The summed E-state index contributed by atoms with van der Waals surface area (Å²) in [6, 6.07) is 12.6. The lowest BCUT2D eigenvalue weighted by Gasteiger charge is -2.16. The molecule has 1 N–H and O–H groups in total. The minimum atomic E-state index is -3.62. The highest BCUT2D eigenvalue weighted by molar-refractivity contribution is 7.92. The minimum Gasteiger partial charge on any atom is -0.461 e. The summed E-state index contributed by atoms with van der Waals surface area (Å²) in [5.74, 6) is 2.05. The van der Waals surface area contributed by atoms with E-state index < -0.39 is 10.0 Å². The maximum absolute atomic E-state index is 12.8. The molecular formula is C22H25NO3S. The lowest BCUT2D eigenvalue weighted by molar-refractivity contribution is 0.426. The van der Waals surface area contributed by atoms with Gasteiger partial charge in [-0.25, -0.2) is 8.42 Å². The summed E-state index contributed by atoms with van der Waals surface area (Å²) < 4.78 is 34.2. The van der Waals surface area contributed by atoms with E-state index in [1.807, 2.05) is 24.3 Å². The molecule has 0 saturated carbocycles. The zero-order valence-electron chi connectivity index (χ0n) is 16.0. The highest BCUT2D eigenvalue weighted by Gasteiger charge is 2.22. The molecule has 4 rings (SSSR count). The van der Waals surface area contributed by atoms with Gasteiger partial charge in [0.15, 0.2) is 0 Å². The van der Waals surface area contributed by atoms with Crippen molar-refractivity contribution in [3.05, 3.63) is 59.4 Å². The van der Waals surface area contributed by atoms with Crippen LogP contribution >= 0.6 is 0 Å². The van der Waals surface area contributed by atoms with Crippen molar-refractivity contribution in [1.82, 2.24) is 0 Å². The quantitative estimate of drug-likeness (QED) is 0.649. The number of furan rings is 1. The van der Waals surface area contributed by atoms with E-state index in [0.717, 1.165) is 41.6 Å². The van der Waals surface area contributed by atoms with Crippen molar-refractivity contribution < 1.29 is 12.8 Å². The lowest BCUT2D eigenvalue weighted by Crippen LogP contribution is -2.13. The molecule has 3 aromatic rings. The average molecular weight is 384 g/mol. The van der Waals surface area contributed by atoms with Crippen LogP contribution in [0.2, 0.25) is 0 Å². The van der Waals surface area contributed by atoms with Crippen LogP contribution < -0.4 is 4.72 Å². The van der Waals surface area contributed by atoms with E-state index in [-0.39, 0.29) is 4.90 Å². The number of aryl methyl sites for hydroxylation is 1. The fourth-order valence-electron chi connectivity index (χ4n) is 3.76. The number of hydrogen-bond acceptors (Lipinski definition) is 3. The first-order chi connectivity index (χ1) is 12.8.